The van der Waals surface area contributed by atoms with E-state index in [1.165, 1.54) is 16.4 Å². The molecule has 0 aliphatic carbocycles. The van der Waals surface area contributed by atoms with E-state index in [0.717, 1.165) is 18.9 Å². The number of nitrogens with one attached hydrogen (secondary N) is 1. The van der Waals surface area contributed by atoms with Gasteiger partial charge in [-0.25, -0.2) is 4.39 Å². The SMILES string of the molecule is CC1CCCN(S(=O)(=O)Nc2ccc(Br)c(F)c2)C1. The van der Waals surface area contributed by atoms with Gasteiger partial charge in [-0.3, -0.25) is 4.72 Å². The molecule has 1 unspecified atom stereocenters. The molecule has 1 N–H and O–H groups in total. The molecule has 0 amide bonds. The van der Waals surface area contributed by atoms with Crippen LogP contribution in [-0.2, 0) is 10.2 Å². The third kappa shape index (κ3) is 3.67. The predicted molar refractivity (Wildman–Crippen MR) is 76.6 cm³/mol. The highest BCUT2D eigenvalue weighted by atomic mass is 79.9. The lowest BCUT2D eigenvalue weighted by atomic mass is 10.0. The standard InChI is InChI=1S/C12H16BrFN2O2S/c1-9-3-2-6-16(8-9)19(17,18)15-10-4-5-11(13)12(14)7-10/h4-5,7,9,15H,2-3,6,8H2,1H3. The van der Waals surface area contributed by atoms with Crippen LogP contribution in [0.15, 0.2) is 22.7 Å². The van der Waals surface area contributed by atoms with E-state index >= 15 is 0 Å². The summed E-state index contributed by atoms with van der Waals surface area (Å²) in [4.78, 5) is 0. The number of piperidine rings is 1. The van der Waals surface area contributed by atoms with Gasteiger partial charge in [0.05, 0.1) is 10.2 Å². The number of hydrogen-bond acceptors (Lipinski definition) is 2. The molecular formula is C12H16BrFN2O2S. The van der Waals surface area contributed by atoms with Crippen LogP contribution in [0.3, 0.4) is 0 Å². The normalized spacial score (nSPS) is 21.3. The summed E-state index contributed by atoms with van der Waals surface area (Å²) in [5, 5.41) is 0. The summed E-state index contributed by atoms with van der Waals surface area (Å²) < 4.78 is 41.9. The van der Waals surface area contributed by atoms with Gasteiger partial charge in [0, 0.05) is 13.1 Å². The maximum Gasteiger partial charge on any atom is 0.301 e. The number of rotatable bonds is 3. The largest absolute Gasteiger partial charge is 0.301 e. The first-order valence-electron chi connectivity index (χ1n) is 6.11. The molecule has 1 aliphatic heterocycles. The van der Waals surface area contributed by atoms with Crippen molar-refractivity contribution in [3.8, 4) is 0 Å². The van der Waals surface area contributed by atoms with E-state index in [0.29, 0.717) is 23.5 Å². The molecule has 1 heterocycles. The Hall–Kier alpha value is -0.660. The third-order valence-electron chi connectivity index (χ3n) is 3.13. The van der Waals surface area contributed by atoms with Crippen molar-refractivity contribution >= 4 is 31.8 Å². The Labute approximate surface area is 121 Å². The number of anilines is 1. The molecule has 106 valence electrons. The summed E-state index contributed by atoms with van der Waals surface area (Å²) >= 11 is 3.03. The Morgan fingerprint density at radius 2 is 2.21 bits per heavy atom. The molecule has 1 fully saturated rings. The zero-order valence-corrected chi connectivity index (χ0v) is 13.0. The smallest absolute Gasteiger partial charge is 0.271 e. The Bertz CT molecular complexity index is 565. The minimum Gasteiger partial charge on any atom is -0.271 e. The fourth-order valence-electron chi connectivity index (χ4n) is 2.14. The first-order valence-corrected chi connectivity index (χ1v) is 8.35. The number of benzene rings is 1. The van der Waals surface area contributed by atoms with Gasteiger partial charge < -0.3 is 0 Å². The summed E-state index contributed by atoms with van der Waals surface area (Å²) in [5.74, 6) is -0.140. The molecule has 1 atom stereocenters. The summed E-state index contributed by atoms with van der Waals surface area (Å²) in [6, 6.07) is 4.17. The van der Waals surface area contributed by atoms with E-state index in [1.807, 2.05) is 6.92 Å². The number of hydrogen-bond donors (Lipinski definition) is 1. The maximum atomic E-state index is 13.4. The molecule has 4 nitrogen and oxygen atoms in total. The molecule has 2 rings (SSSR count). The molecule has 1 saturated heterocycles. The summed E-state index contributed by atoms with van der Waals surface area (Å²) in [5.41, 5.74) is 0.235. The van der Waals surface area contributed by atoms with Crippen LogP contribution in [0.1, 0.15) is 19.8 Å². The first kappa shape index (κ1) is 14.7. The molecule has 19 heavy (non-hydrogen) atoms. The zero-order valence-electron chi connectivity index (χ0n) is 10.6. The highest BCUT2D eigenvalue weighted by molar-refractivity contribution is 9.10. The van der Waals surface area contributed by atoms with Gasteiger partial charge in [-0.15, -0.1) is 0 Å². The van der Waals surface area contributed by atoms with Crippen molar-refractivity contribution < 1.29 is 12.8 Å². The van der Waals surface area contributed by atoms with Crippen LogP contribution in [-0.4, -0.2) is 25.8 Å². The fourth-order valence-corrected chi connectivity index (χ4v) is 3.76. The molecule has 0 bridgehead atoms. The van der Waals surface area contributed by atoms with Crippen LogP contribution in [0.4, 0.5) is 10.1 Å². The molecule has 1 aliphatic rings. The van der Waals surface area contributed by atoms with E-state index < -0.39 is 16.0 Å². The zero-order chi connectivity index (χ0) is 14.0. The second-order valence-electron chi connectivity index (χ2n) is 4.84. The van der Waals surface area contributed by atoms with Crippen molar-refractivity contribution in [2.75, 3.05) is 17.8 Å². The van der Waals surface area contributed by atoms with Crippen LogP contribution >= 0.6 is 15.9 Å². The molecule has 0 radical (unpaired) electrons. The molecule has 7 heteroatoms. The van der Waals surface area contributed by atoms with Crippen molar-refractivity contribution in [1.82, 2.24) is 4.31 Å². The fraction of sp³-hybridized carbons (Fsp3) is 0.500. The van der Waals surface area contributed by atoms with Crippen molar-refractivity contribution in [3.63, 3.8) is 0 Å². The van der Waals surface area contributed by atoms with Crippen LogP contribution in [0.5, 0.6) is 0 Å². The maximum absolute atomic E-state index is 13.4. The van der Waals surface area contributed by atoms with Crippen LogP contribution < -0.4 is 4.72 Å². The van der Waals surface area contributed by atoms with Crippen molar-refractivity contribution in [1.29, 1.82) is 0 Å². The molecule has 0 spiro atoms. The minimum atomic E-state index is -3.60. The van der Waals surface area contributed by atoms with E-state index in [2.05, 4.69) is 20.7 Å². The summed E-state index contributed by atoms with van der Waals surface area (Å²) in [6.07, 6.45) is 1.90. The van der Waals surface area contributed by atoms with E-state index in [1.54, 1.807) is 0 Å². The lowest BCUT2D eigenvalue weighted by Gasteiger charge is -2.30. The van der Waals surface area contributed by atoms with Crippen LogP contribution in [0, 0.1) is 11.7 Å². The Morgan fingerprint density at radius 1 is 1.47 bits per heavy atom. The monoisotopic (exact) mass is 350 g/mol. The summed E-state index contributed by atoms with van der Waals surface area (Å²) in [6.45, 7) is 3.05. The van der Waals surface area contributed by atoms with Crippen molar-refractivity contribution in [2.24, 2.45) is 5.92 Å². The lowest BCUT2D eigenvalue weighted by molar-refractivity contribution is 0.282. The lowest BCUT2D eigenvalue weighted by Crippen LogP contribution is -2.42. The van der Waals surface area contributed by atoms with Crippen molar-refractivity contribution in [3.05, 3.63) is 28.5 Å². The second kappa shape index (κ2) is 5.76. The number of nitrogens with zero attached hydrogens (tertiary/aromatic N) is 1. The molecule has 1 aromatic carbocycles. The minimum absolute atomic E-state index is 0.235. The predicted octanol–water partition coefficient (Wildman–Crippen LogP) is 2.98. The molecular weight excluding hydrogens is 335 g/mol. The van der Waals surface area contributed by atoms with Crippen LogP contribution in [0.25, 0.3) is 0 Å². The Kier molecular flexibility index (Phi) is 4.47. The van der Waals surface area contributed by atoms with Gasteiger partial charge in [0.25, 0.3) is 0 Å². The summed E-state index contributed by atoms with van der Waals surface area (Å²) in [7, 11) is -3.60. The van der Waals surface area contributed by atoms with Gasteiger partial charge in [0.15, 0.2) is 0 Å². The van der Waals surface area contributed by atoms with E-state index in [9.17, 15) is 12.8 Å². The van der Waals surface area contributed by atoms with E-state index in [-0.39, 0.29) is 5.69 Å². The Morgan fingerprint density at radius 3 is 2.84 bits per heavy atom. The third-order valence-corrected chi connectivity index (χ3v) is 5.27. The van der Waals surface area contributed by atoms with Gasteiger partial charge in [-0.1, -0.05) is 6.92 Å². The van der Waals surface area contributed by atoms with E-state index in [4.69, 9.17) is 0 Å². The Balaban J connectivity index is 2.14. The topological polar surface area (TPSA) is 49.4 Å². The van der Waals surface area contributed by atoms with Gasteiger partial charge in [-0.2, -0.15) is 12.7 Å². The molecule has 0 aromatic heterocycles. The van der Waals surface area contributed by atoms with Crippen molar-refractivity contribution in [2.45, 2.75) is 19.8 Å². The van der Waals surface area contributed by atoms with Crippen LogP contribution in [0.2, 0.25) is 0 Å². The second-order valence-corrected chi connectivity index (χ2v) is 7.37. The highest BCUT2D eigenvalue weighted by Crippen LogP contribution is 2.23. The molecule has 1 aromatic rings. The quantitative estimate of drug-likeness (QED) is 0.910. The average molecular weight is 351 g/mol. The van der Waals surface area contributed by atoms with Gasteiger partial charge in [0.1, 0.15) is 5.82 Å². The van der Waals surface area contributed by atoms with Gasteiger partial charge in [0.2, 0.25) is 0 Å². The molecule has 0 saturated carbocycles. The average Bonchev–Trinajstić information content (AvgIpc) is 2.33. The number of halogens is 2. The highest BCUT2D eigenvalue weighted by Gasteiger charge is 2.27. The van der Waals surface area contributed by atoms with Gasteiger partial charge in [-0.05, 0) is 52.9 Å². The first-order chi connectivity index (χ1) is 8.88. The van der Waals surface area contributed by atoms with Gasteiger partial charge >= 0.3 is 10.2 Å².